The SMILES string of the molecule is C=CC(=O)OCCOC(=O)NCCCC[C@H](NC(=O)OCCOC(=O)C=C)C(=O)O. The molecular formula is C18H26N2O10. The lowest BCUT2D eigenvalue weighted by molar-refractivity contribution is -0.140. The standard InChI is InChI=1S/C18H26N2O10/c1-3-14(21)27-9-11-29-17(25)19-8-6-5-7-13(16(23)24)20-18(26)30-12-10-28-15(22)4-2/h3-4,13H,1-2,5-12H2,(H,19,25)(H,20,26)(H,23,24)/t13-/m0/s1. The summed E-state index contributed by atoms with van der Waals surface area (Å²) in [6.45, 7) is 5.99. The highest BCUT2D eigenvalue weighted by molar-refractivity contribution is 5.81. The number of alkyl carbamates (subject to hydrolysis) is 2. The molecule has 12 heteroatoms. The van der Waals surface area contributed by atoms with Crippen LogP contribution in [0.1, 0.15) is 19.3 Å². The first-order chi connectivity index (χ1) is 14.3. The topological polar surface area (TPSA) is 167 Å². The highest BCUT2D eigenvalue weighted by atomic mass is 16.6. The zero-order valence-corrected chi connectivity index (χ0v) is 16.4. The van der Waals surface area contributed by atoms with Gasteiger partial charge in [0.1, 0.15) is 32.5 Å². The fourth-order valence-electron chi connectivity index (χ4n) is 1.83. The summed E-state index contributed by atoms with van der Waals surface area (Å²) in [6.07, 6.45) is 1.18. The molecule has 0 saturated heterocycles. The first-order valence-electron chi connectivity index (χ1n) is 8.95. The van der Waals surface area contributed by atoms with Crippen LogP contribution in [0.2, 0.25) is 0 Å². The third-order valence-corrected chi connectivity index (χ3v) is 3.23. The van der Waals surface area contributed by atoms with Gasteiger partial charge in [0.15, 0.2) is 0 Å². The Balaban J connectivity index is 3.91. The average molecular weight is 430 g/mol. The Morgan fingerprint density at radius 2 is 1.30 bits per heavy atom. The monoisotopic (exact) mass is 430 g/mol. The molecule has 0 unspecified atom stereocenters. The number of carbonyl (C=O) groups is 5. The van der Waals surface area contributed by atoms with Crippen LogP contribution >= 0.6 is 0 Å². The largest absolute Gasteiger partial charge is 0.480 e. The number of carboxylic acids is 1. The van der Waals surface area contributed by atoms with Crippen LogP contribution in [0.3, 0.4) is 0 Å². The molecule has 0 radical (unpaired) electrons. The van der Waals surface area contributed by atoms with E-state index in [0.29, 0.717) is 12.8 Å². The van der Waals surface area contributed by atoms with E-state index in [9.17, 15) is 24.0 Å². The number of carboxylic acid groups (broad SMARTS) is 1. The summed E-state index contributed by atoms with van der Waals surface area (Å²) in [5.74, 6) is -2.54. The van der Waals surface area contributed by atoms with Crippen LogP contribution < -0.4 is 10.6 Å². The molecule has 30 heavy (non-hydrogen) atoms. The lowest BCUT2D eigenvalue weighted by atomic mass is 10.1. The molecule has 0 bridgehead atoms. The molecule has 0 aromatic heterocycles. The van der Waals surface area contributed by atoms with Crippen LogP contribution in [0.4, 0.5) is 9.59 Å². The van der Waals surface area contributed by atoms with Crippen molar-refractivity contribution in [3.8, 4) is 0 Å². The first kappa shape index (κ1) is 26.4. The van der Waals surface area contributed by atoms with Crippen LogP contribution in [-0.4, -0.2) is 74.2 Å². The highest BCUT2D eigenvalue weighted by Crippen LogP contribution is 2.02. The van der Waals surface area contributed by atoms with E-state index in [0.717, 1.165) is 12.2 Å². The molecule has 0 heterocycles. The van der Waals surface area contributed by atoms with Crippen molar-refractivity contribution in [3.05, 3.63) is 25.3 Å². The van der Waals surface area contributed by atoms with E-state index in [1.54, 1.807) is 0 Å². The third kappa shape index (κ3) is 14.5. The summed E-state index contributed by atoms with van der Waals surface area (Å²) in [5, 5.41) is 13.8. The second-order valence-electron chi connectivity index (χ2n) is 5.47. The smallest absolute Gasteiger partial charge is 0.407 e. The van der Waals surface area contributed by atoms with E-state index in [1.807, 2.05) is 0 Å². The number of esters is 2. The number of nitrogens with one attached hydrogen (secondary N) is 2. The summed E-state index contributed by atoms with van der Waals surface area (Å²) in [5.41, 5.74) is 0. The van der Waals surface area contributed by atoms with Gasteiger partial charge < -0.3 is 34.7 Å². The quantitative estimate of drug-likeness (QED) is 0.144. The van der Waals surface area contributed by atoms with Gasteiger partial charge in [0.05, 0.1) is 0 Å². The molecule has 0 aliphatic heterocycles. The van der Waals surface area contributed by atoms with E-state index < -0.39 is 36.1 Å². The predicted octanol–water partition coefficient (Wildman–Crippen LogP) is 0.521. The van der Waals surface area contributed by atoms with Crippen LogP contribution in [0.5, 0.6) is 0 Å². The van der Waals surface area contributed by atoms with Crippen LogP contribution in [-0.2, 0) is 33.3 Å². The molecule has 0 aromatic carbocycles. The normalized spacial score (nSPS) is 10.7. The van der Waals surface area contributed by atoms with Gasteiger partial charge in [-0.05, 0) is 19.3 Å². The van der Waals surface area contributed by atoms with Crippen molar-refractivity contribution in [2.45, 2.75) is 25.3 Å². The summed E-state index contributed by atoms with van der Waals surface area (Å²) in [4.78, 5) is 55.8. The van der Waals surface area contributed by atoms with E-state index >= 15 is 0 Å². The molecule has 2 amide bonds. The van der Waals surface area contributed by atoms with Crippen molar-refractivity contribution < 1.29 is 48.0 Å². The summed E-state index contributed by atoms with van der Waals surface area (Å²) >= 11 is 0. The van der Waals surface area contributed by atoms with Crippen molar-refractivity contribution in [2.24, 2.45) is 0 Å². The number of aliphatic carboxylic acids is 1. The molecule has 3 N–H and O–H groups in total. The van der Waals surface area contributed by atoms with Crippen LogP contribution in [0.15, 0.2) is 25.3 Å². The predicted molar refractivity (Wildman–Crippen MR) is 101 cm³/mol. The minimum atomic E-state index is -1.24. The molecule has 0 saturated carbocycles. The number of hydrogen-bond acceptors (Lipinski definition) is 9. The molecule has 0 rings (SSSR count). The average Bonchev–Trinajstić information content (AvgIpc) is 2.72. The molecule has 0 aliphatic rings. The van der Waals surface area contributed by atoms with Crippen molar-refractivity contribution in [3.63, 3.8) is 0 Å². The second kappa shape index (κ2) is 16.4. The zero-order chi connectivity index (χ0) is 22.8. The summed E-state index contributed by atoms with van der Waals surface area (Å²) in [6, 6.07) is -1.18. The minimum Gasteiger partial charge on any atom is -0.480 e. The van der Waals surface area contributed by atoms with E-state index in [4.69, 9.17) is 14.6 Å². The van der Waals surface area contributed by atoms with Gasteiger partial charge in [-0.3, -0.25) is 0 Å². The number of hydrogen-bond donors (Lipinski definition) is 3. The Kier molecular flexibility index (Phi) is 14.4. The molecule has 1 atom stereocenters. The maximum absolute atomic E-state index is 11.6. The van der Waals surface area contributed by atoms with Crippen molar-refractivity contribution in [1.29, 1.82) is 0 Å². The Morgan fingerprint density at radius 1 is 0.800 bits per heavy atom. The summed E-state index contributed by atoms with van der Waals surface area (Å²) < 4.78 is 18.7. The van der Waals surface area contributed by atoms with E-state index in [2.05, 4.69) is 33.3 Å². The molecule has 0 aliphatic carbocycles. The Labute approximate surface area is 173 Å². The maximum Gasteiger partial charge on any atom is 0.407 e. The van der Waals surface area contributed by atoms with E-state index in [-0.39, 0.29) is 39.4 Å². The van der Waals surface area contributed by atoms with Gasteiger partial charge in [0.25, 0.3) is 0 Å². The maximum atomic E-state index is 11.6. The van der Waals surface area contributed by atoms with Crippen molar-refractivity contribution >= 4 is 30.1 Å². The summed E-state index contributed by atoms with van der Waals surface area (Å²) in [7, 11) is 0. The molecule has 0 aromatic rings. The molecule has 0 spiro atoms. The van der Waals surface area contributed by atoms with Gasteiger partial charge in [0.2, 0.25) is 0 Å². The minimum absolute atomic E-state index is 0.100. The van der Waals surface area contributed by atoms with Crippen molar-refractivity contribution in [2.75, 3.05) is 33.0 Å². The molecule has 0 fully saturated rings. The van der Waals surface area contributed by atoms with Gasteiger partial charge >= 0.3 is 30.1 Å². The fraction of sp³-hybridized carbons (Fsp3) is 0.500. The third-order valence-electron chi connectivity index (χ3n) is 3.23. The Hall–Kier alpha value is -3.57. The van der Waals surface area contributed by atoms with Gasteiger partial charge in [-0.25, -0.2) is 24.0 Å². The molecule has 12 nitrogen and oxygen atoms in total. The molecule has 168 valence electrons. The molecular weight excluding hydrogens is 404 g/mol. The van der Waals surface area contributed by atoms with Gasteiger partial charge in [-0.15, -0.1) is 0 Å². The Morgan fingerprint density at radius 3 is 1.80 bits per heavy atom. The van der Waals surface area contributed by atoms with Gasteiger partial charge in [0, 0.05) is 18.7 Å². The van der Waals surface area contributed by atoms with Crippen LogP contribution in [0.25, 0.3) is 0 Å². The van der Waals surface area contributed by atoms with Crippen molar-refractivity contribution in [1.82, 2.24) is 10.6 Å². The lowest BCUT2D eigenvalue weighted by Gasteiger charge is -2.14. The first-order valence-corrected chi connectivity index (χ1v) is 8.95. The number of ether oxygens (including phenoxy) is 4. The highest BCUT2D eigenvalue weighted by Gasteiger charge is 2.20. The lowest BCUT2D eigenvalue weighted by Crippen LogP contribution is -2.41. The number of rotatable bonds is 15. The van der Waals surface area contributed by atoms with Gasteiger partial charge in [-0.1, -0.05) is 13.2 Å². The van der Waals surface area contributed by atoms with E-state index in [1.165, 1.54) is 0 Å². The fourth-order valence-corrected chi connectivity index (χ4v) is 1.83. The number of unbranched alkanes of at least 4 members (excludes halogenated alkanes) is 1. The number of carbonyl (C=O) groups excluding carboxylic acids is 4. The second-order valence-corrected chi connectivity index (χ2v) is 5.47. The number of amides is 2. The van der Waals surface area contributed by atoms with Gasteiger partial charge in [-0.2, -0.15) is 0 Å². The zero-order valence-electron chi connectivity index (χ0n) is 16.4. The van der Waals surface area contributed by atoms with Crippen LogP contribution in [0, 0.1) is 0 Å². The Bertz CT molecular complexity index is 620.